The molecule has 2 rings (SSSR count). The van der Waals surface area contributed by atoms with E-state index in [2.05, 4.69) is 5.10 Å². The lowest BCUT2D eigenvalue weighted by molar-refractivity contribution is -0.141. The summed E-state index contributed by atoms with van der Waals surface area (Å²) in [7, 11) is 0. The molecule has 1 aromatic heterocycles. The largest absolute Gasteiger partial charge is 0.480 e. The first-order chi connectivity index (χ1) is 11.9. The molecule has 1 amide bonds. The van der Waals surface area contributed by atoms with Gasteiger partial charge in [-0.05, 0) is 23.7 Å². The average Bonchev–Trinajstić information content (AvgIpc) is 2.94. The van der Waals surface area contributed by atoms with Crippen LogP contribution in [0.4, 0.5) is 22.0 Å². The molecule has 0 spiro atoms. The number of nitrogens with zero attached hydrogens (tertiary/aromatic N) is 2. The summed E-state index contributed by atoms with van der Waals surface area (Å²) in [5.41, 5.74) is -5.20. The van der Waals surface area contributed by atoms with Crippen LogP contribution in [0.2, 0.25) is 0 Å². The van der Waals surface area contributed by atoms with Crippen molar-refractivity contribution < 1.29 is 36.6 Å². The lowest BCUT2D eigenvalue weighted by Gasteiger charge is -2.14. The number of alkyl halides is 6. The van der Waals surface area contributed by atoms with Gasteiger partial charge >= 0.3 is 17.5 Å². The molecule has 0 unspecified atom stereocenters. The Kier molecular flexibility index (Phi) is 5.21. The number of halogens is 6. The number of carboxylic acids is 1. The highest BCUT2D eigenvalue weighted by atomic mass is 35.5. The van der Waals surface area contributed by atoms with Gasteiger partial charge in [-0.1, -0.05) is 18.2 Å². The van der Waals surface area contributed by atoms with E-state index in [1.54, 1.807) is 5.32 Å². The Labute approximate surface area is 147 Å². The fourth-order valence-electron chi connectivity index (χ4n) is 2.09. The van der Waals surface area contributed by atoms with Crippen molar-refractivity contribution in [3.8, 4) is 5.69 Å². The molecule has 0 aliphatic heterocycles. The van der Waals surface area contributed by atoms with Crippen LogP contribution in [0.5, 0.6) is 0 Å². The van der Waals surface area contributed by atoms with Gasteiger partial charge in [0.2, 0.25) is 0 Å². The first-order valence-corrected chi connectivity index (χ1v) is 7.13. The molecule has 0 fully saturated rings. The molecule has 0 saturated carbocycles. The summed E-state index contributed by atoms with van der Waals surface area (Å²) in [5.74, 6) is -3.28. The Bertz CT molecular complexity index is 831. The van der Waals surface area contributed by atoms with Crippen molar-refractivity contribution in [2.45, 2.75) is 11.6 Å². The minimum Gasteiger partial charge on any atom is -0.480 e. The average molecular weight is 398 g/mol. The van der Waals surface area contributed by atoms with E-state index in [9.17, 15) is 31.5 Å². The van der Waals surface area contributed by atoms with Gasteiger partial charge in [-0.2, -0.15) is 27.1 Å². The van der Waals surface area contributed by atoms with E-state index in [0.29, 0.717) is 0 Å². The van der Waals surface area contributed by atoms with E-state index in [1.165, 1.54) is 30.3 Å². The second kappa shape index (κ2) is 6.90. The lowest BCUT2D eigenvalue weighted by Crippen LogP contribution is -2.32. The van der Waals surface area contributed by atoms with E-state index in [4.69, 9.17) is 16.7 Å². The van der Waals surface area contributed by atoms with E-state index in [-0.39, 0.29) is 10.4 Å². The summed E-state index contributed by atoms with van der Waals surface area (Å²) in [5, 5.41) is 8.81. The van der Waals surface area contributed by atoms with Crippen LogP contribution < -0.4 is 5.32 Å². The van der Waals surface area contributed by atoms with Crippen LogP contribution in [-0.2, 0) is 16.4 Å². The third kappa shape index (κ3) is 4.10. The zero-order valence-electron chi connectivity index (χ0n) is 12.5. The number of benzene rings is 1. The Morgan fingerprint density at radius 2 is 1.73 bits per heavy atom. The second-order valence-corrected chi connectivity index (χ2v) is 5.37. The van der Waals surface area contributed by atoms with Crippen molar-refractivity contribution in [3.63, 3.8) is 0 Å². The molecule has 0 saturated heterocycles. The topological polar surface area (TPSA) is 84.2 Å². The maximum atomic E-state index is 13.9. The van der Waals surface area contributed by atoms with Crippen LogP contribution in [0.15, 0.2) is 30.3 Å². The van der Waals surface area contributed by atoms with Gasteiger partial charge in [0.1, 0.15) is 17.8 Å². The van der Waals surface area contributed by atoms with Gasteiger partial charge in [0.25, 0.3) is 5.91 Å². The summed E-state index contributed by atoms with van der Waals surface area (Å²) in [6.07, 6.45) is -5.27. The number of amides is 1. The third-order valence-electron chi connectivity index (χ3n) is 3.05. The molecule has 12 heteroatoms. The maximum absolute atomic E-state index is 13.9. The predicted octanol–water partition coefficient (Wildman–Crippen LogP) is 2.99. The summed E-state index contributed by atoms with van der Waals surface area (Å²) >= 11 is 4.93. The van der Waals surface area contributed by atoms with Gasteiger partial charge in [-0.25, -0.2) is 4.68 Å². The zero-order chi connectivity index (χ0) is 19.7. The molecule has 0 radical (unpaired) electrons. The van der Waals surface area contributed by atoms with E-state index >= 15 is 0 Å². The van der Waals surface area contributed by atoms with Crippen LogP contribution in [0.1, 0.15) is 21.7 Å². The van der Waals surface area contributed by atoms with Crippen LogP contribution in [0.25, 0.3) is 5.69 Å². The molecule has 1 heterocycles. The van der Waals surface area contributed by atoms with Crippen molar-refractivity contribution in [3.05, 3.63) is 47.3 Å². The Hall–Kier alpha value is -2.69. The highest BCUT2D eigenvalue weighted by Gasteiger charge is 2.47. The number of rotatable bonds is 5. The maximum Gasteiger partial charge on any atom is 0.436 e. The smallest absolute Gasteiger partial charge is 0.436 e. The highest BCUT2D eigenvalue weighted by molar-refractivity contribution is 6.22. The lowest BCUT2D eigenvalue weighted by atomic mass is 10.1. The molecular formula is C14H9ClF5N3O3. The Morgan fingerprint density at radius 3 is 2.19 bits per heavy atom. The molecule has 1 aromatic carbocycles. The van der Waals surface area contributed by atoms with Crippen molar-refractivity contribution in [2.24, 2.45) is 0 Å². The van der Waals surface area contributed by atoms with Crippen molar-refractivity contribution >= 4 is 23.5 Å². The fraction of sp³-hybridized carbons (Fsp3) is 0.214. The summed E-state index contributed by atoms with van der Waals surface area (Å²) < 4.78 is 67.7. The predicted molar refractivity (Wildman–Crippen MR) is 78.3 cm³/mol. The molecule has 2 N–H and O–H groups in total. The van der Waals surface area contributed by atoms with Crippen LogP contribution in [0.3, 0.4) is 0 Å². The van der Waals surface area contributed by atoms with Crippen molar-refractivity contribution in [1.29, 1.82) is 0 Å². The quantitative estimate of drug-likeness (QED) is 0.600. The molecule has 0 aliphatic rings. The number of carbonyl (C=O) groups is 2. The molecule has 26 heavy (non-hydrogen) atoms. The van der Waals surface area contributed by atoms with Crippen LogP contribution in [0, 0.1) is 0 Å². The number of nitrogens with one attached hydrogen (secondary N) is 1. The summed E-state index contributed by atoms with van der Waals surface area (Å²) in [4.78, 5) is 22.5. The Balaban J connectivity index is 2.76. The molecule has 0 bridgehead atoms. The Morgan fingerprint density at radius 1 is 1.15 bits per heavy atom. The molecule has 2 aromatic rings. The molecular weight excluding hydrogens is 389 g/mol. The number of carbonyl (C=O) groups excluding carboxylic acids is 1. The standard InChI is InChI=1S/C14H9ClF5N3O3/c15-13(16,17)11-9(12(26)21-6-8(24)25)10(14(18,19)20)22-23(11)7-4-2-1-3-5-7/h1-5H,6H2,(H,21,26)(H,24,25). The van der Waals surface area contributed by atoms with Gasteiger partial charge < -0.3 is 10.4 Å². The first-order valence-electron chi connectivity index (χ1n) is 6.75. The monoisotopic (exact) mass is 397 g/mol. The normalized spacial score (nSPS) is 12.1. The SMILES string of the molecule is O=C(O)CNC(=O)c1c(C(F)(F)F)nn(-c2ccccc2)c1C(F)(F)Cl. The number of para-hydroxylation sites is 1. The van der Waals surface area contributed by atoms with Gasteiger partial charge in [-0.3, -0.25) is 9.59 Å². The van der Waals surface area contributed by atoms with Crippen LogP contribution >= 0.6 is 11.6 Å². The minimum atomic E-state index is -5.27. The first kappa shape index (κ1) is 19.6. The number of aromatic nitrogens is 2. The zero-order valence-corrected chi connectivity index (χ0v) is 13.3. The molecule has 0 aliphatic carbocycles. The summed E-state index contributed by atoms with van der Waals surface area (Å²) in [6.45, 7) is -1.08. The van der Waals surface area contributed by atoms with Gasteiger partial charge in [0.05, 0.1) is 5.69 Å². The highest BCUT2D eigenvalue weighted by Crippen LogP contribution is 2.41. The van der Waals surface area contributed by atoms with Crippen molar-refractivity contribution in [1.82, 2.24) is 15.1 Å². The van der Waals surface area contributed by atoms with E-state index in [0.717, 1.165) is 0 Å². The fourth-order valence-corrected chi connectivity index (χ4v) is 2.27. The van der Waals surface area contributed by atoms with Gasteiger partial charge in [0.15, 0.2) is 5.69 Å². The van der Waals surface area contributed by atoms with Crippen molar-refractivity contribution in [2.75, 3.05) is 6.54 Å². The third-order valence-corrected chi connectivity index (χ3v) is 3.23. The number of hydrogen-bond acceptors (Lipinski definition) is 3. The molecule has 140 valence electrons. The minimum absolute atomic E-state index is 0.200. The number of carboxylic acid groups (broad SMARTS) is 1. The van der Waals surface area contributed by atoms with Crippen LogP contribution in [-0.4, -0.2) is 33.3 Å². The van der Waals surface area contributed by atoms with Gasteiger partial charge in [0, 0.05) is 0 Å². The molecule has 0 atom stereocenters. The number of hydrogen-bond donors (Lipinski definition) is 2. The van der Waals surface area contributed by atoms with E-state index < -0.39 is 46.9 Å². The van der Waals surface area contributed by atoms with Gasteiger partial charge in [-0.15, -0.1) is 0 Å². The number of aliphatic carboxylic acids is 1. The molecule has 6 nitrogen and oxygen atoms in total. The van der Waals surface area contributed by atoms with E-state index in [1.807, 2.05) is 0 Å². The second-order valence-electron chi connectivity index (χ2n) is 4.89. The summed E-state index contributed by atoms with van der Waals surface area (Å²) in [6, 6.07) is 6.54.